The van der Waals surface area contributed by atoms with Gasteiger partial charge in [0.15, 0.2) is 0 Å². The Morgan fingerprint density at radius 1 is 1.11 bits per heavy atom. The number of carbonyl (C=O) groups excluding carboxylic acids is 2. The molecule has 0 aromatic heterocycles. The summed E-state index contributed by atoms with van der Waals surface area (Å²) in [7, 11) is 0. The lowest BCUT2D eigenvalue weighted by molar-refractivity contribution is -0.164. The maximum absolute atomic E-state index is 12.8. The van der Waals surface area contributed by atoms with E-state index in [1.165, 1.54) is 12.7 Å². The standard InChI is InChI=1S/C22H30O5/c1-13-11-16(26-18(13)23)25-12-14-17-21(4)9-6-8-20(2,3)15(21)7-10-22(17,5)27-19(14)24/h11-12,15-17H,6-10H2,1-5H3/b14-12-/t15?,16?,17?,21?,22-/m1/s1. The van der Waals surface area contributed by atoms with Gasteiger partial charge in [-0.2, -0.15) is 0 Å². The molecule has 0 aromatic rings. The van der Waals surface area contributed by atoms with Gasteiger partial charge in [-0.05, 0) is 56.3 Å². The molecule has 1 saturated heterocycles. The Morgan fingerprint density at radius 3 is 2.52 bits per heavy atom. The topological polar surface area (TPSA) is 61.8 Å². The summed E-state index contributed by atoms with van der Waals surface area (Å²) >= 11 is 0. The second-order valence-electron chi connectivity index (χ2n) is 9.91. The molecule has 0 bridgehead atoms. The number of hydrogen-bond donors (Lipinski definition) is 0. The van der Waals surface area contributed by atoms with Crippen LogP contribution in [0.5, 0.6) is 0 Å². The van der Waals surface area contributed by atoms with E-state index in [9.17, 15) is 9.59 Å². The minimum Gasteiger partial charge on any atom is -0.458 e. The van der Waals surface area contributed by atoms with Crippen molar-refractivity contribution >= 4 is 11.9 Å². The molecular weight excluding hydrogens is 344 g/mol. The van der Waals surface area contributed by atoms with Gasteiger partial charge < -0.3 is 14.2 Å². The van der Waals surface area contributed by atoms with Crippen LogP contribution in [0.1, 0.15) is 66.7 Å². The van der Waals surface area contributed by atoms with Gasteiger partial charge in [-0.1, -0.05) is 27.2 Å². The van der Waals surface area contributed by atoms with Gasteiger partial charge in [-0.15, -0.1) is 0 Å². The van der Waals surface area contributed by atoms with E-state index in [-0.39, 0.29) is 28.7 Å². The number of carbonyl (C=O) groups is 2. The molecule has 5 atom stereocenters. The van der Waals surface area contributed by atoms with Crippen LogP contribution < -0.4 is 0 Å². The third-order valence-electron chi connectivity index (χ3n) is 7.61. The highest BCUT2D eigenvalue weighted by Gasteiger charge is 2.65. The molecule has 2 heterocycles. The van der Waals surface area contributed by atoms with Crippen LogP contribution in [0.15, 0.2) is 23.5 Å². The Labute approximate surface area is 161 Å². The molecule has 4 rings (SSSR count). The molecule has 4 unspecified atom stereocenters. The largest absolute Gasteiger partial charge is 0.458 e. The summed E-state index contributed by atoms with van der Waals surface area (Å²) in [6.45, 7) is 10.8. The van der Waals surface area contributed by atoms with Crippen LogP contribution in [0.2, 0.25) is 0 Å². The van der Waals surface area contributed by atoms with Gasteiger partial charge in [0.25, 0.3) is 6.29 Å². The molecule has 2 aliphatic heterocycles. The summed E-state index contributed by atoms with van der Waals surface area (Å²) in [4.78, 5) is 24.3. The molecule has 5 heteroatoms. The summed E-state index contributed by atoms with van der Waals surface area (Å²) in [6.07, 6.45) is 7.81. The van der Waals surface area contributed by atoms with Crippen molar-refractivity contribution < 1.29 is 23.8 Å². The summed E-state index contributed by atoms with van der Waals surface area (Å²) < 4.78 is 16.7. The van der Waals surface area contributed by atoms with Gasteiger partial charge in [0.05, 0.1) is 11.8 Å². The Balaban J connectivity index is 1.67. The molecule has 2 aliphatic carbocycles. The minimum atomic E-state index is -0.764. The lowest BCUT2D eigenvalue weighted by Crippen LogP contribution is -2.56. The first-order valence-corrected chi connectivity index (χ1v) is 10.1. The van der Waals surface area contributed by atoms with Crippen molar-refractivity contribution in [3.05, 3.63) is 23.5 Å². The molecule has 0 aromatic carbocycles. The monoisotopic (exact) mass is 374 g/mol. The van der Waals surface area contributed by atoms with Gasteiger partial charge in [-0.3, -0.25) is 0 Å². The Morgan fingerprint density at radius 2 is 1.85 bits per heavy atom. The Kier molecular flexibility index (Phi) is 4.03. The Hall–Kier alpha value is -1.78. The van der Waals surface area contributed by atoms with Crippen molar-refractivity contribution in [2.45, 2.75) is 78.6 Å². The molecule has 27 heavy (non-hydrogen) atoms. The SMILES string of the molecule is CC1=CC(O/C=C2\C(=O)O[C@]3(C)CCC4C(C)(C)CCCC4(C)C23)OC1=O. The fraction of sp³-hybridized carbons (Fsp3) is 0.727. The highest BCUT2D eigenvalue weighted by atomic mass is 16.7. The molecular formula is C22H30O5. The summed E-state index contributed by atoms with van der Waals surface area (Å²) in [5.74, 6) is -0.132. The summed E-state index contributed by atoms with van der Waals surface area (Å²) in [6, 6.07) is 0. The van der Waals surface area contributed by atoms with Crippen LogP contribution in [-0.4, -0.2) is 23.8 Å². The van der Waals surface area contributed by atoms with Crippen molar-refractivity contribution in [2.24, 2.45) is 22.7 Å². The molecule has 2 saturated carbocycles. The van der Waals surface area contributed by atoms with E-state index >= 15 is 0 Å². The number of fused-ring (bicyclic) bond motifs is 3. The average molecular weight is 374 g/mol. The van der Waals surface area contributed by atoms with Crippen molar-refractivity contribution in [3.63, 3.8) is 0 Å². The predicted molar refractivity (Wildman–Crippen MR) is 99.3 cm³/mol. The van der Waals surface area contributed by atoms with E-state index in [4.69, 9.17) is 14.2 Å². The molecule has 0 amide bonds. The first-order valence-electron chi connectivity index (χ1n) is 10.1. The Bertz CT molecular complexity index is 748. The van der Waals surface area contributed by atoms with Gasteiger partial charge in [-0.25, -0.2) is 9.59 Å². The first kappa shape index (κ1) is 18.6. The minimum absolute atomic E-state index is 0.00185. The third kappa shape index (κ3) is 2.73. The zero-order chi connectivity index (χ0) is 19.6. The zero-order valence-corrected chi connectivity index (χ0v) is 17.0. The van der Waals surface area contributed by atoms with E-state index in [2.05, 4.69) is 27.7 Å². The van der Waals surface area contributed by atoms with Gasteiger partial charge >= 0.3 is 11.9 Å². The van der Waals surface area contributed by atoms with Crippen LogP contribution >= 0.6 is 0 Å². The molecule has 4 aliphatic rings. The van der Waals surface area contributed by atoms with E-state index < -0.39 is 11.9 Å². The van der Waals surface area contributed by atoms with Gasteiger partial charge in [0.1, 0.15) is 5.60 Å². The predicted octanol–water partition coefficient (Wildman–Crippen LogP) is 4.27. The molecule has 5 nitrogen and oxygen atoms in total. The van der Waals surface area contributed by atoms with E-state index in [0.29, 0.717) is 17.1 Å². The van der Waals surface area contributed by atoms with E-state index in [1.54, 1.807) is 13.0 Å². The molecule has 0 N–H and O–H groups in total. The highest BCUT2D eigenvalue weighted by molar-refractivity contribution is 5.92. The lowest BCUT2D eigenvalue weighted by Gasteiger charge is -2.59. The normalized spacial score (nSPS) is 44.3. The summed E-state index contributed by atoms with van der Waals surface area (Å²) in [5, 5.41) is 0. The molecule has 148 valence electrons. The van der Waals surface area contributed by atoms with Crippen LogP contribution in [0.25, 0.3) is 0 Å². The number of hydrogen-bond acceptors (Lipinski definition) is 5. The fourth-order valence-corrected chi connectivity index (χ4v) is 6.52. The van der Waals surface area contributed by atoms with Crippen molar-refractivity contribution in [2.75, 3.05) is 0 Å². The second-order valence-corrected chi connectivity index (χ2v) is 9.91. The van der Waals surface area contributed by atoms with Crippen molar-refractivity contribution in [3.8, 4) is 0 Å². The average Bonchev–Trinajstić information content (AvgIpc) is 3.00. The van der Waals surface area contributed by atoms with E-state index in [0.717, 1.165) is 25.7 Å². The number of rotatable bonds is 2. The zero-order valence-electron chi connectivity index (χ0n) is 17.0. The fourth-order valence-electron chi connectivity index (χ4n) is 6.52. The molecule has 0 spiro atoms. The van der Waals surface area contributed by atoms with Gasteiger partial charge in [0, 0.05) is 17.6 Å². The van der Waals surface area contributed by atoms with Gasteiger partial charge in [0.2, 0.25) is 0 Å². The van der Waals surface area contributed by atoms with E-state index in [1.807, 2.05) is 0 Å². The number of esters is 2. The van der Waals surface area contributed by atoms with Crippen LogP contribution in [0.3, 0.4) is 0 Å². The molecule has 3 fully saturated rings. The highest BCUT2D eigenvalue weighted by Crippen LogP contribution is 2.66. The van der Waals surface area contributed by atoms with Crippen LogP contribution in [0.4, 0.5) is 0 Å². The number of cyclic esters (lactones) is 1. The van der Waals surface area contributed by atoms with Crippen LogP contribution in [0, 0.1) is 22.7 Å². The quantitative estimate of drug-likeness (QED) is 0.410. The smallest absolute Gasteiger partial charge is 0.338 e. The lowest BCUT2D eigenvalue weighted by atomic mass is 9.45. The van der Waals surface area contributed by atoms with Crippen molar-refractivity contribution in [1.82, 2.24) is 0 Å². The van der Waals surface area contributed by atoms with Crippen molar-refractivity contribution in [1.29, 1.82) is 0 Å². The summed E-state index contributed by atoms with van der Waals surface area (Å²) in [5.41, 5.74) is 0.886. The number of ether oxygens (including phenoxy) is 3. The second kappa shape index (κ2) is 5.86. The van der Waals surface area contributed by atoms with Crippen LogP contribution in [-0.2, 0) is 23.8 Å². The molecule has 0 radical (unpaired) electrons. The first-order chi connectivity index (χ1) is 12.6. The maximum Gasteiger partial charge on any atom is 0.338 e. The third-order valence-corrected chi connectivity index (χ3v) is 7.61. The maximum atomic E-state index is 12.8.